The summed E-state index contributed by atoms with van der Waals surface area (Å²) in [4.78, 5) is 0. The van der Waals surface area contributed by atoms with Gasteiger partial charge in [-0.1, -0.05) is 218 Å². The predicted octanol–water partition coefficient (Wildman–Crippen LogP) is 19.5. The highest BCUT2D eigenvalue weighted by molar-refractivity contribution is 6.13. The molecule has 0 N–H and O–H groups in total. The van der Waals surface area contributed by atoms with Crippen molar-refractivity contribution < 1.29 is 0 Å². The average molecular weight is 941 g/mol. The van der Waals surface area contributed by atoms with E-state index in [0.717, 1.165) is 11.4 Å². The summed E-state index contributed by atoms with van der Waals surface area (Å²) in [6.45, 7) is 0. The maximum atomic E-state index is 2.42. The summed E-state index contributed by atoms with van der Waals surface area (Å²) in [6, 6.07) is 106. The zero-order valence-electron chi connectivity index (χ0n) is 40.6. The number of fused-ring (bicyclic) bond motifs is 6. The molecule has 2 aromatic heterocycles. The van der Waals surface area contributed by atoms with Crippen LogP contribution in [0.5, 0.6) is 0 Å². The highest BCUT2D eigenvalue weighted by atomic mass is 15.0. The molecule has 346 valence electrons. The van der Waals surface area contributed by atoms with E-state index in [1.54, 1.807) is 0 Å². The van der Waals surface area contributed by atoms with Crippen molar-refractivity contribution in [3.8, 4) is 89.3 Å². The Kier molecular flexibility index (Phi) is 10.6. The maximum absolute atomic E-state index is 2.42. The number of nitrogens with zero attached hydrogens (tertiary/aromatic N) is 2. The zero-order valence-corrected chi connectivity index (χ0v) is 40.6. The van der Waals surface area contributed by atoms with Gasteiger partial charge in [0.05, 0.1) is 22.1 Å². The first kappa shape index (κ1) is 43.1. The van der Waals surface area contributed by atoms with Crippen LogP contribution in [0.25, 0.3) is 133 Å². The summed E-state index contributed by atoms with van der Waals surface area (Å²) in [5, 5.41) is 4.97. The minimum absolute atomic E-state index is 1.14. The standard InChI is InChI=1S/C72H48N2/c1-3-14-49(15-4-1)51-28-30-53(31-29-51)56-18-11-20-58(44-56)59-21-12-19-57(45-59)54-32-34-55(35-33-54)60-22-13-23-64(46-60)74-70-27-10-8-25-66(70)68-48-62(39-43-72(68)74)61-38-42-71-67(47-61)65-24-7-9-26-69(65)73(71)63-40-36-52(37-41-63)50-16-5-2-6-17-50/h1-48H. The summed E-state index contributed by atoms with van der Waals surface area (Å²) in [5.41, 5.74) is 23.9. The van der Waals surface area contributed by atoms with Crippen LogP contribution in [0.15, 0.2) is 291 Å². The fourth-order valence-electron chi connectivity index (χ4n) is 11.2. The normalized spacial score (nSPS) is 11.5. The van der Waals surface area contributed by atoms with Gasteiger partial charge in [-0.2, -0.15) is 0 Å². The third-order valence-corrected chi connectivity index (χ3v) is 15.0. The van der Waals surface area contributed by atoms with E-state index in [2.05, 4.69) is 300 Å². The van der Waals surface area contributed by atoms with Crippen LogP contribution in [0, 0.1) is 0 Å². The Morgan fingerprint density at radius 3 is 0.892 bits per heavy atom. The first-order chi connectivity index (χ1) is 36.7. The largest absolute Gasteiger partial charge is 0.309 e. The van der Waals surface area contributed by atoms with Crippen molar-refractivity contribution in [3.05, 3.63) is 291 Å². The van der Waals surface area contributed by atoms with Gasteiger partial charge in [0.1, 0.15) is 0 Å². The van der Waals surface area contributed by atoms with Crippen molar-refractivity contribution >= 4 is 43.6 Å². The van der Waals surface area contributed by atoms with E-state index in [4.69, 9.17) is 0 Å². The number of hydrogen-bond acceptors (Lipinski definition) is 0. The molecule has 0 aliphatic heterocycles. The molecule has 0 amide bonds. The van der Waals surface area contributed by atoms with Crippen molar-refractivity contribution in [2.75, 3.05) is 0 Å². The molecule has 12 aromatic carbocycles. The molecule has 2 nitrogen and oxygen atoms in total. The van der Waals surface area contributed by atoms with Crippen molar-refractivity contribution in [1.82, 2.24) is 9.13 Å². The molecule has 14 rings (SSSR count). The van der Waals surface area contributed by atoms with E-state index in [0.29, 0.717) is 0 Å². The molecule has 0 atom stereocenters. The topological polar surface area (TPSA) is 9.86 Å². The summed E-state index contributed by atoms with van der Waals surface area (Å²) < 4.78 is 4.82. The minimum Gasteiger partial charge on any atom is -0.309 e. The summed E-state index contributed by atoms with van der Waals surface area (Å²) in [5.74, 6) is 0. The summed E-state index contributed by atoms with van der Waals surface area (Å²) in [6.07, 6.45) is 0. The summed E-state index contributed by atoms with van der Waals surface area (Å²) >= 11 is 0. The molecule has 0 spiro atoms. The Bertz CT molecular complexity index is 4370. The monoisotopic (exact) mass is 940 g/mol. The molecule has 2 heterocycles. The lowest BCUT2D eigenvalue weighted by Gasteiger charge is -2.12. The second-order valence-electron chi connectivity index (χ2n) is 19.3. The number of hydrogen-bond donors (Lipinski definition) is 0. The first-order valence-corrected chi connectivity index (χ1v) is 25.5. The van der Waals surface area contributed by atoms with E-state index in [1.807, 2.05) is 0 Å². The molecule has 0 unspecified atom stereocenters. The van der Waals surface area contributed by atoms with Gasteiger partial charge in [0.25, 0.3) is 0 Å². The molecular formula is C72H48N2. The zero-order chi connectivity index (χ0) is 49.0. The van der Waals surface area contributed by atoms with Gasteiger partial charge in [-0.05, 0) is 151 Å². The number of rotatable bonds is 9. The lowest BCUT2D eigenvalue weighted by Crippen LogP contribution is -1.94. The fourth-order valence-corrected chi connectivity index (χ4v) is 11.2. The average Bonchev–Trinajstić information content (AvgIpc) is 4.00. The van der Waals surface area contributed by atoms with Crippen molar-refractivity contribution in [1.29, 1.82) is 0 Å². The molecule has 0 aliphatic rings. The fraction of sp³-hybridized carbons (Fsp3) is 0. The van der Waals surface area contributed by atoms with Crippen molar-refractivity contribution in [2.45, 2.75) is 0 Å². The number of benzene rings is 12. The maximum Gasteiger partial charge on any atom is 0.0541 e. The van der Waals surface area contributed by atoms with Crippen LogP contribution >= 0.6 is 0 Å². The van der Waals surface area contributed by atoms with E-state index in [9.17, 15) is 0 Å². The number of para-hydroxylation sites is 2. The van der Waals surface area contributed by atoms with E-state index < -0.39 is 0 Å². The molecule has 0 saturated heterocycles. The van der Waals surface area contributed by atoms with Crippen LogP contribution in [-0.2, 0) is 0 Å². The Morgan fingerprint density at radius 1 is 0.149 bits per heavy atom. The third-order valence-electron chi connectivity index (χ3n) is 15.0. The van der Waals surface area contributed by atoms with Crippen LogP contribution in [-0.4, -0.2) is 9.13 Å². The molecule has 2 heteroatoms. The Labute approximate surface area is 431 Å². The molecule has 0 radical (unpaired) electrons. The van der Waals surface area contributed by atoms with Crippen LogP contribution in [0.3, 0.4) is 0 Å². The predicted molar refractivity (Wildman–Crippen MR) is 313 cm³/mol. The van der Waals surface area contributed by atoms with Gasteiger partial charge in [-0.25, -0.2) is 0 Å². The van der Waals surface area contributed by atoms with Gasteiger partial charge in [-0.3, -0.25) is 0 Å². The van der Waals surface area contributed by atoms with Crippen LogP contribution in [0.2, 0.25) is 0 Å². The van der Waals surface area contributed by atoms with Gasteiger partial charge >= 0.3 is 0 Å². The molecule has 74 heavy (non-hydrogen) atoms. The number of aromatic nitrogens is 2. The van der Waals surface area contributed by atoms with Crippen LogP contribution in [0.4, 0.5) is 0 Å². The quantitative estimate of drug-likeness (QED) is 0.136. The molecule has 14 aromatic rings. The van der Waals surface area contributed by atoms with Gasteiger partial charge in [-0.15, -0.1) is 0 Å². The lowest BCUT2D eigenvalue weighted by molar-refractivity contribution is 1.18. The summed E-state index contributed by atoms with van der Waals surface area (Å²) in [7, 11) is 0. The van der Waals surface area contributed by atoms with E-state index in [-0.39, 0.29) is 0 Å². The Balaban J connectivity index is 0.754. The molecule has 0 saturated carbocycles. The highest BCUT2D eigenvalue weighted by Gasteiger charge is 2.17. The molecule has 0 aliphatic carbocycles. The Morgan fingerprint density at radius 2 is 0.432 bits per heavy atom. The third kappa shape index (κ3) is 7.69. The smallest absolute Gasteiger partial charge is 0.0541 e. The first-order valence-electron chi connectivity index (χ1n) is 25.5. The van der Waals surface area contributed by atoms with Gasteiger partial charge in [0.15, 0.2) is 0 Å². The van der Waals surface area contributed by atoms with Gasteiger partial charge < -0.3 is 9.13 Å². The Hall–Kier alpha value is -9.76. The molecular weight excluding hydrogens is 893 g/mol. The molecule has 0 fully saturated rings. The SMILES string of the molecule is c1ccc(-c2ccc(-c3cccc(-c4cccc(-c5ccc(-c6cccc(-n7c8ccccc8c8cc(-c9ccc%10c(c9)c9ccccc9n%10-c9ccc(-c%10ccccc%10)cc9)ccc87)c6)cc5)c4)c3)cc2)cc1. The lowest BCUT2D eigenvalue weighted by atomic mass is 9.95. The van der Waals surface area contributed by atoms with Gasteiger partial charge in [0, 0.05) is 32.9 Å². The van der Waals surface area contributed by atoms with Crippen LogP contribution in [0.1, 0.15) is 0 Å². The second-order valence-corrected chi connectivity index (χ2v) is 19.3. The molecule has 0 bridgehead atoms. The second kappa shape index (κ2) is 18.1. The van der Waals surface area contributed by atoms with E-state index >= 15 is 0 Å². The highest BCUT2D eigenvalue weighted by Crippen LogP contribution is 2.40. The van der Waals surface area contributed by atoms with Gasteiger partial charge in [0.2, 0.25) is 0 Å². The minimum atomic E-state index is 1.14. The van der Waals surface area contributed by atoms with Crippen LogP contribution < -0.4 is 0 Å². The van der Waals surface area contributed by atoms with Crippen molar-refractivity contribution in [2.24, 2.45) is 0 Å². The van der Waals surface area contributed by atoms with Crippen molar-refractivity contribution in [3.63, 3.8) is 0 Å². The van der Waals surface area contributed by atoms with E-state index in [1.165, 1.54) is 122 Å².